The summed E-state index contributed by atoms with van der Waals surface area (Å²) in [5, 5.41) is 15.1. The van der Waals surface area contributed by atoms with Crippen LogP contribution in [0.4, 0.5) is 5.69 Å². The molecule has 1 fully saturated rings. The maximum absolute atomic E-state index is 10.7. The van der Waals surface area contributed by atoms with Crippen molar-refractivity contribution < 1.29 is 5.11 Å². The smallest absolute Gasteiger partial charge is 0.174 e. The zero-order valence-electron chi connectivity index (χ0n) is 17.3. The fourth-order valence-corrected chi connectivity index (χ4v) is 4.76. The lowest BCUT2D eigenvalue weighted by molar-refractivity contribution is 0.472. The molecule has 32 heavy (non-hydrogen) atoms. The van der Waals surface area contributed by atoms with Crippen molar-refractivity contribution in [1.82, 2.24) is 14.9 Å². The zero-order chi connectivity index (χ0) is 22.2. The van der Waals surface area contributed by atoms with Gasteiger partial charge in [-0.3, -0.25) is 4.98 Å². The number of phenolic OH excluding ortho intramolecular Hbond substituents is 1. The van der Waals surface area contributed by atoms with Crippen LogP contribution >= 0.6 is 23.8 Å². The SMILES string of the molecule is Cc1cccc(-n2cccc2[C@@H]2[C@@H](c3ccccn3)NC(=S)N2c2cc(Cl)ccc2O)c1. The predicted molar refractivity (Wildman–Crippen MR) is 132 cm³/mol. The minimum Gasteiger partial charge on any atom is -0.506 e. The number of halogens is 1. The quantitative estimate of drug-likeness (QED) is 0.381. The second-order valence-electron chi connectivity index (χ2n) is 7.77. The fraction of sp³-hybridized carbons (Fsp3) is 0.120. The van der Waals surface area contributed by atoms with Crippen LogP contribution in [0.5, 0.6) is 5.75 Å². The van der Waals surface area contributed by atoms with E-state index in [4.69, 9.17) is 23.8 Å². The maximum Gasteiger partial charge on any atom is 0.174 e. The number of aromatic hydroxyl groups is 1. The van der Waals surface area contributed by atoms with Crippen LogP contribution in [-0.4, -0.2) is 19.8 Å². The highest BCUT2D eigenvalue weighted by molar-refractivity contribution is 7.80. The highest BCUT2D eigenvalue weighted by atomic mass is 35.5. The maximum atomic E-state index is 10.7. The van der Waals surface area contributed by atoms with Gasteiger partial charge >= 0.3 is 0 Å². The molecule has 0 saturated carbocycles. The molecule has 0 spiro atoms. The molecular formula is C25H21ClN4OS. The van der Waals surface area contributed by atoms with Crippen molar-refractivity contribution in [2.45, 2.75) is 19.0 Å². The van der Waals surface area contributed by atoms with E-state index < -0.39 is 0 Å². The van der Waals surface area contributed by atoms with E-state index in [0.29, 0.717) is 15.8 Å². The van der Waals surface area contributed by atoms with Gasteiger partial charge in [0.25, 0.3) is 0 Å². The van der Waals surface area contributed by atoms with Crippen LogP contribution in [-0.2, 0) is 0 Å². The molecule has 1 aliphatic rings. The number of anilines is 1. The summed E-state index contributed by atoms with van der Waals surface area (Å²) in [4.78, 5) is 6.52. The Morgan fingerprint density at radius 3 is 2.69 bits per heavy atom. The van der Waals surface area contributed by atoms with Crippen LogP contribution in [0.1, 0.15) is 29.0 Å². The van der Waals surface area contributed by atoms with E-state index >= 15 is 0 Å². The average Bonchev–Trinajstić information content (AvgIpc) is 3.40. The molecule has 0 amide bonds. The molecule has 0 bridgehead atoms. The molecular weight excluding hydrogens is 440 g/mol. The minimum atomic E-state index is -0.266. The zero-order valence-corrected chi connectivity index (χ0v) is 18.9. The molecule has 0 unspecified atom stereocenters. The predicted octanol–water partition coefficient (Wildman–Crippen LogP) is 5.72. The van der Waals surface area contributed by atoms with Crippen molar-refractivity contribution in [2.24, 2.45) is 0 Å². The van der Waals surface area contributed by atoms with Crippen LogP contribution in [0.2, 0.25) is 5.02 Å². The number of pyridine rings is 1. The van der Waals surface area contributed by atoms with Gasteiger partial charge in [0, 0.05) is 28.8 Å². The number of rotatable bonds is 4. The molecule has 0 radical (unpaired) electrons. The van der Waals surface area contributed by atoms with Gasteiger partial charge in [0.1, 0.15) is 11.8 Å². The number of thiocarbonyl (C=S) groups is 1. The molecule has 1 aliphatic heterocycles. The topological polar surface area (TPSA) is 53.3 Å². The molecule has 1 saturated heterocycles. The Balaban J connectivity index is 1.70. The second kappa shape index (κ2) is 8.30. The van der Waals surface area contributed by atoms with Gasteiger partial charge in [-0.2, -0.15) is 0 Å². The molecule has 0 aliphatic carbocycles. The standard InChI is InChI=1S/C25H21ClN4OS/c1-16-6-4-7-18(14-16)29-13-5-9-20(29)24-23(19-8-2-3-12-27-19)28-25(32)30(24)21-15-17(26)10-11-22(21)31/h2-15,23-24,31H,1H3,(H,28,32)/t23-,24-/m1/s1. The van der Waals surface area contributed by atoms with E-state index in [-0.39, 0.29) is 17.8 Å². The molecule has 3 heterocycles. The Kier molecular flexibility index (Phi) is 5.33. The van der Waals surface area contributed by atoms with Gasteiger partial charge in [-0.05, 0) is 79.3 Å². The van der Waals surface area contributed by atoms with Crippen molar-refractivity contribution >= 4 is 34.6 Å². The van der Waals surface area contributed by atoms with Crippen LogP contribution < -0.4 is 10.2 Å². The summed E-state index contributed by atoms with van der Waals surface area (Å²) >= 11 is 12.1. The second-order valence-corrected chi connectivity index (χ2v) is 8.59. The number of hydrogen-bond donors (Lipinski definition) is 2. The Hall–Kier alpha value is -3.35. The molecule has 2 aromatic heterocycles. The van der Waals surface area contributed by atoms with Gasteiger partial charge in [-0.15, -0.1) is 0 Å². The van der Waals surface area contributed by atoms with E-state index in [0.717, 1.165) is 17.1 Å². The number of aromatic nitrogens is 2. The Bertz CT molecular complexity index is 1290. The average molecular weight is 461 g/mol. The molecule has 7 heteroatoms. The van der Waals surface area contributed by atoms with Crippen molar-refractivity contribution in [3.8, 4) is 11.4 Å². The molecule has 5 nitrogen and oxygen atoms in total. The Labute approximate surface area is 196 Å². The number of nitrogens with one attached hydrogen (secondary N) is 1. The van der Waals surface area contributed by atoms with E-state index in [9.17, 15) is 5.11 Å². The first-order chi connectivity index (χ1) is 15.5. The van der Waals surface area contributed by atoms with Gasteiger partial charge in [0.05, 0.1) is 17.4 Å². The van der Waals surface area contributed by atoms with Crippen molar-refractivity contribution in [2.75, 3.05) is 4.90 Å². The van der Waals surface area contributed by atoms with E-state index in [2.05, 4.69) is 46.1 Å². The first-order valence-electron chi connectivity index (χ1n) is 10.3. The van der Waals surface area contributed by atoms with Crippen LogP contribution in [0.3, 0.4) is 0 Å². The number of aryl methyl sites for hydroxylation is 1. The van der Waals surface area contributed by atoms with Crippen molar-refractivity contribution in [1.29, 1.82) is 0 Å². The number of benzene rings is 2. The number of hydrogen-bond acceptors (Lipinski definition) is 3. The van der Waals surface area contributed by atoms with Crippen molar-refractivity contribution in [3.63, 3.8) is 0 Å². The minimum absolute atomic E-state index is 0.110. The van der Waals surface area contributed by atoms with Crippen molar-refractivity contribution in [3.05, 3.63) is 107 Å². The van der Waals surface area contributed by atoms with Gasteiger partial charge < -0.3 is 19.9 Å². The lowest BCUT2D eigenvalue weighted by atomic mass is 10.0. The summed E-state index contributed by atoms with van der Waals surface area (Å²) in [7, 11) is 0. The van der Waals surface area contributed by atoms with Crippen LogP contribution in [0.15, 0.2) is 85.2 Å². The molecule has 2 atom stereocenters. The monoisotopic (exact) mass is 460 g/mol. The van der Waals surface area contributed by atoms with Gasteiger partial charge in [-0.1, -0.05) is 29.8 Å². The highest BCUT2D eigenvalue weighted by Crippen LogP contribution is 2.45. The Morgan fingerprint density at radius 2 is 1.91 bits per heavy atom. The number of nitrogens with zero attached hydrogens (tertiary/aromatic N) is 3. The Morgan fingerprint density at radius 1 is 1.03 bits per heavy atom. The summed E-state index contributed by atoms with van der Waals surface area (Å²) in [5.74, 6) is 0.110. The summed E-state index contributed by atoms with van der Waals surface area (Å²) in [5.41, 5.74) is 4.65. The summed E-state index contributed by atoms with van der Waals surface area (Å²) < 4.78 is 2.15. The third-order valence-corrected chi connectivity index (χ3v) is 6.21. The molecule has 160 valence electrons. The fourth-order valence-electron chi connectivity index (χ4n) is 4.25. The third kappa shape index (κ3) is 3.61. The van der Waals surface area contributed by atoms with E-state index in [1.807, 2.05) is 41.4 Å². The first-order valence-corrected chi connectivity index (χ1v) is 11.0. The van der Waals surface area contributed by atoms with Crippen LogP contribution in [0, 0.1) is 6.92 Å². The summed E-state index contributed by atoms with van der Waals surface area (Å²) in [6.07, 6.45) is 3.81. The largest absolute Gasteiger partial charge is 0.506 e. The highest BCUT2D eigenvalue weighted by Gasteiger charge is 2.43. The summed E-state index contributed by atoms with van der Waals surface area (Å²) in [6.45, 7) is 2.08. The van der Waals surface area contributed by atoms with E-state index in [1.54, 1.807) is 24.4 Å². The number of phenols is 1. The normalized spacial score (nSPS) is 18.1. The van der Waals surface area contributed by atoms with Gasteiger partial charge in [0.15, 0.2) is 5.11 Å². The van der Waals surface area contributed by atoms with E-state index in [1.165, 1.54) is 5.56 Å². The molecule has 5 rings (SSSR count). The lowest BCUT2D eigenvalue weighted by Crippen LogP contribution is -2.30. The van der Waals surface area contributed by atoms with Gasteiger partial charge in [-0.25, -0.2) is 0 Å². The molecule has 4 aromatic rings. The molecule has 2 N–H and O–H groups in total. The van der Waals surface area contributed by atoms with Gasteiger partial charge in [0.2, 0.25) is 0 Å². The van der Waals surface area contributed by atoms with Crippen LogP contribution in [0.25, 0.3) is 5.69 Å². The summed E-state index contributed by atoms with van der Waals surface area (Å²) in [6, 6.07) is 22.8. The molecule has 2 aromatic carbocycles. The third-order valence-electron chi connectivity index (χ3n) is 5.66. The lowest BCUT2D eigenvalue weighted by Gasteiger charge is -2.29. The first kappa shape index (κ1) is 20.5.